The Bertz CT molecular complexity index is 623. The Morgan fingerprint density at radius 1 is 1.50 bits per heavy atom. The van der Waals surface area contributed by atoms with Gasteiger partial charge in [0.25, 0.3) is 5.69 Å². The topological polar surface area (TPSA) is 104 Å². The second-order valence-electron chi connectivity index (χ2n) is 3.32. The summed E-state index contributed by atoms with van der Waals surface area (Å²) in [6, 6.07) is 5.09. The second kappa shape index (κ2) is 5.43. The first-order valence-corrected chi connectivity index (χ1v) is 6.80. The minimum Gasteiger partial charge on any atom is -0.258 e. The average molecular weight is 334 g/mol. The zero-order valence-electron chi connectivity index (χ0n) is 9.20. The van der Waals surface area contributed by atoms with Gasteiger partial charge in [-0.05, 0) is 6.07 Å². The molecule has 7 nitrogen and oxygen atoms in total. The van der Waals surface area contributed by atoms with Gasteiger partial charge in [0.05, 0.1) is 15.9 Å². The molecule has 1 rings (SSSR count). The fraction of sp³-hybridized carbons (Fsp3) is 0.222. The van der Waals surface area contributed by atoms with Crippen LogP contribution in [0.1, 0.15) is 0 Å². The zero-order valence-corrected chi connectivity index (χ0v) is 11.6. The maximum absolute atomic E-state index is 12.0. The summed E-state index contributed by atoms with van der Waals surface area (Å²) in [4.78, 5) is 9.73. The van der Waals surface area contributed by atoms with Crippen molar-refractivity contribution in [3.8, 4) is 6.07 Å². The molecule has 0 aliphatic heterocycles. The van der Waals surface area contributed by atoms with E-state index in [9.17, 15) is 18.5 Å². The first-order valence-electron chi connectivity index (χ1n) is 4.57. The van der Waals surface area contributed by atoms with Gasteiger partial charge < -0.3 is 0 Å². The lowest BCUT2D eigenvalue weighted by molar-refractivity contribution is -0.385. The Morgan fingerprint density at radius 2 is 2.11 bits per heavy atom. The number of hydrogen-bond donors (Lipinski definition) is 0. The van der Waals surface area contributed by atoms with Gasteiger partial charge >= 0.3 is 0 Å². The predicted octanol–water partition coefficient (Wildman–Crippen LogP) is 1.50. The summed E-state index contributed by atoms with van der Waals surface area (Å²) >= 11 is 3.01. The number of nitrogens with zero attached hydrogens (tertiary/aromatic N) is 3. The second-order valence-corrected chi connectivity index (χ2v) is 6.28. The number of non-ortho nitro benzene ring substituents is 1. The summed E-state index contributed by atoms with van der Waals surface area (Å²) in [5.41, 5.74) is -0.340. The molecule has 0 radical (unpaired) electrons. The fourth-order valence-electron chi connectivity index (χ4n) is 1.17. The lowest BCUT2D eigenvalue weighted by Crippen LogP contribution is -2.27. The van der Waals surface area contributed by atoms with Crippen LogP contribution in [0.25, 0.3) is 0 Å². The van der Waals surface area contributed by atoms with Gasteiger partial charge in [-0.25, -0.2) is 8.42 Å². The number of nitro benzene ring substituents is 1. The van der Waals surface area contributed by atoms with Gasteiger partial charge in [-0.15, -0.1) is 0 Å². The molecule has 0 spiro atoms. The van der Waals surface area contributed by atoms with Crippen molar-refractivity contribution in [2.24, 2.45) is 0 Å². The van der Waals surface area contributed by atoms with Crippen LogP contribution in [-0.2, 0) is 10.0 Å². The van der Waals surface area contributed by atoms with Crippen molar-refractivity contribution in [2.75, 3.05) is 13.6 Å². The van der Waals surface area contributed by atoms with E-state index < -0.39 is 14.9 Å². The summed E-state index contributed by atoms with van der Waals surface area (Å²) in [6.45, 7) is -0.331. The molecule has 0 saturated heterocycles. The Labute approximate surface area is 112 Å². The lowest BCUT2D eigenvalue weighted by Gasteiger charge is -2.13. The monoisotopic (exact) mass is 333 g/mol. The third-order valence-corrected chi connectivity index (χ3v) is 4.31. The van der Waals surface area contributed by atoms with Crippen LogP contribution in [0.5, 0.6) is 0 Å². The van der Waals surface area contributed by atoms with E-state index in [4.69, 9.17) is 5.26 Å². The van der Waals surface area contributed by atoms with E-state index in [0.717, 1.165) is 10.4 Å². The molecule has 1 aromatic rings. The van der Waals surface area contributed by atoms with Crippen LogP contribution < -0.4 is 0 Å². The highest BCUT2D eigenvalue weighted by Crippen LogP contribution is 2.25. The quantitative estimate of drug-likeness (QED) is 0.471. The molecule has 0 aromatic heterocycles. The van der Waals surface area contributed by atoms with Gasteiger partial charge in [-0.3, -0.25) is 10.1 Å². The maximum atomic E-state index is 12.0. The molecule has 18 heavy (non-hydrogen) atoms. The van der Waals surface area contributed by atoms with Gasteiger partial charge in [0.2, 0.25) is 10.0 Å². The highest BCUT2D eigenvalue weighted by atomic mass is 79.9. The Morgan fingerprint density at radius 3 is 2.61 bits per heavy atom. The summed E-state index contributed by atoms with van der Waals surface area (Å²) < 4.78 is 25.1. The van der Waals surface area contributed by atoms with E-state index in [1.54, 1.807) is 6.07 Å². The van der Waals surface area contributed by atoms with Crippen LogP contribution in [0.4, 0.5) is 5.69 Å². The van der Waals surface area contributed by atoms with Crippen molar-refractivity contribution >= 4 is 31.6 Å². The summed E-state index contributed by atoms with van der Waals surface area (Å²) in [5, 5.41) is 19.1. The normalized spacial score (nSPS) is 11.2. The standard InChI is InChI=1S/C9H8BrN3O4S/c1-12(3-2-11)18(16,17)9-5-7(10)4-8(6-9)13(14)15/h4-6H,3H2,1H3. The van der Waals surface area contributed by atoms with Crippen LogP contribution in [0.15, 0.2) is 27.6 Å². The fourth-order valence-corrected chi connectivity index (χ4v) is 2.93. The highest BCUT2D eigenvalue weighted by Gasteiger charge is 2.23. The molecule has 0 saturated carbocycles. The summed E-state index contributed by atoms with van der Waals surface area (Å²) in [6.07, 6.45) is 0. The zero-order chi connectivity index (χ0) is 13.9. The highest BCUT2D eigenvalue weighted by molar-refractivity contribution is 9.10. The molecular weight excluding hydrogens is 326 g/mol. The smallest absolute Gasteiger partial charge is 0.258 e. The molecule has 0 amide bonds. The Balaban J connectivity index is 3.34. The van der Waals surface area contributed by atoms with Crippen LogP contribution >= 0.6 is 15.9 Å². The minimum atomic E-state index is -3.90. The largest absolute Gasteiger partial charge is 0.271 e. The molecule has 0 atom stereocenters. The van der Waals surface area contributed by atoms with Gasteiger partial charge in [0.15, 0.2) is 0 Å². The van der Waals surface area contributed by atoms with Crippen molar-refractivity contribution < 1.29 is 13.3 Å². The van der Waals surface area contributed by atoms with Gasteiger partial charge in [0.1, 0.15) is 6.54 Å². The van der Waals surface area contributed by atoms with Crippen LogP contribution in [-0.4, -0.2) is 31.2 Å². The minimum absolute atomic E-state index is 0.235. The Kier molecular flexibility index (Phi) is 4.39. The SMILES string of the molecule is CN(CC#N)S(=O)(=O)c1cc(Br)cc([N+](=O)[O-])c1. The van der Waals surface area contributed by atoms with E-state index in [0.29, 0.717) is 0 Å². The third kappa shape index (κ3) is 3.04. The molecule has 0 fully saturated rings. The van der Waals surface area contributed by atoms with Crippen LogP contribution in [0, 0.1) is 21.4 Å². The molecule has 0 unspecified atom stereocenters. The molecule has 0 N–H and O–H groups in total. The number of sulfonamides is 1. The summed E-state index contributed by atoms with van der Waals surface area (Å²) in [5.74, 6) is 0. The van der Waals surface area contributed by atoms with E-state index in [1.807, 2.05) is 0 Å². The number of halogens is 1. The van der Waals surface area contributed by atoms with E-state index >= 15 is 0 Å². The number of benzene rings is 1. The van der Waals surface area contributed by atoms with E-state index in [2.05, 4.69) is 15.9 Å². The van der Waals surface area contributed by atoms with Gasteiger partial charge in [-0.1, -0.05) is 15.9 Å². The van der Waals surface area contributed by atoms with E-state index in [1.165, 1.54) is 19.2 Å². The van der Waals surface area contributed by atoms with Crippen molar-refractivity contribution in [3.05, 3.63) is 32.8 Å². The number of rotatable bonds is 4. The average Bonchev–Trinajstić information content (AvgIpc) is 2.28. The molecular formula is C9H8BrN3O4S. The first-order chi connectivity index (χ1) is 8.28. The molecule has 96 valence electrons. The molecule has 0 aliphatic carbocycles. The van der Waals surface area contributed by atoms with Crippen LogP contribution in [0.2, 0.25) is 0 Å². The van der Waals surface area contributed by atoms with Crippen LogP contribution in [0.3, 0.4) is 0 Å². The molecule has 0 heterocycles. The van der Waals surface area contributed by atoms with Crippen molar-refractivity contribution in [3.63, 3.8) is 0 Å². The van der Waals surface area contributed by atoms with Gasteiger partial charge in [0, 0.05) is 23.7 Å². The Hall–Kier alpha value is -1.50. The molecule has 0 aliphatic rings. The lowest BCUT2D eigenvalue weighted by atomic mass is 10.3. The number of nitriles is 1. The van der Waals surface area contributed by atoms with Crippen molar-refractivity contribution in [2.45, 2.75) is 4.90 Å². The van der Waals surface area contributed by atoms with Crippen molar-refractivity contribution in [1.29, 1.82) is 5.26 Å². The summed E-state index contributed by atoms with van der Waals surface area (Å²) in [7, 11) is -2.68. The molecule has 0 bridgehead atoms. The molecule has 1 aromatic carbocycles. The molecule has 9 heteroatoms. The number of hydrogen-bond acceptors (Lipinski definition) is 5. The number of nitro groups is 1. The first kappa shape index (κ1) is 14.6. The predicted molar refractivity (Wildman–Crippen MR) is 66.2 cm³/mol. The van der Waals surface area contributed by atoms with E-state index in [-0.39, 0.29) is 21.6 Å². The maximum Gasteiger partial charge on any atom is 0.271 e. The van der Waals surface area contributed by atoms with Gasteiger partial charge in [-0.2, -0.15) is 9.57 Å². The third-order valence-electron chi connectivity index (χ3n) is 2.07. The van der Waals surface area contributed by atoms with Crippen molar-refractivity contribution in [1.82, 2.24) is 4.31 Å².